The Morgan fingerprint density at radius 3 is 2.73 bits per heavy atom. The fraction of sp³-hybridized carbons (Fsp3) is 0.455. The molecular weight excluding hydrogens is 192 g/mol. The predicted molar refractivity (Wildman–Crippen MR) is 59.3 cm³/mol. The van der Waals surface area contributed by atoms with Crippen molar-refractivity contribution in [1.82, 2.24) is 5.01 Å². The molecule has 0 aromatic rings. The molecule has 0 saturated carbocycles. The van der Waals surface area contributed by atoms with Gasteiger partial charge in [-0.3, -0.25) is 9.80 Å². The van der Waals surface area contributed by atoms with Gasteiger partial charge in [-0.1, -0.05) is 6.08 Å². The SMILES string of the molecule is CC(C)(C)OC(=O)CN1C=CC=CC=N1. The van der Waals surface area contributed by atoms with Gasteiger partial charge in [0.15, 0.2) is 0 Å². The van der Waals surface area contributed by atoms with E-state index in [0.717, 1.165) is 0 Å². The highest BCUT2D eigenvalue weighted by molar-refractivity contribution is 5.74. The molecule has 1 aliphatic rings. The van der Waals surface area contributed by atoms with E-state index in [-0.39, 0.29) is 12.5 Å². The zero-order valence-corrected chi connectivity index (χ0v) is 9.30. The topological polar surface area (TPSA) is 41.9 Å². The summed E-state index contributed by atoms with van der Waals surface area (Å²) < 4.78 is 5.17. The highest BCUT2D eigenvalue weighted by Crippen LogP contribution is 2.07. The maximum atomic E-state index is 11.4. The molecule has 0 atom stereocenters. The van der Waals surface area contributed by atoms with E-state index in [9.17, 15) is 4.79 Å². The maximum absolute atomic E-state index is 11.4. The number of nitrogens with zero attached hydrogens (tertiary/aromatic N) is 2. The molecule has 82 valence electrons. The van der Waals surface area contributed by atoms with Gasteiger partial charge in [0.05, 0.1) is 0 Å². The second kappa shape index (κ2) is 4.77. The second-order valence-corrected chi connectivity index (χ2v) is 4.17. The summed E-state index contributed by atoms with van der Waals surface area (Å²) in [5.74, 6) is -0.286. The van der Waals surface area contributed by atoms with Crippen LogP contribution in [0.1, 0.15) is 20.8 Å². The largest absolute Gasteiger partial charge is 0.459 e. The van der Waals surface area contributed by atoms with Crippen molar-refractivity contribution in [2.75, 3.05) is 6.54 Å². The molecule has 0 amide bonds. The first kappa shape index (κ1) is 11.5. The van der Waals surface area contributed by atoms with Crippen molar-refractivity contribution in [3.63, 3.8) is 0 Å². The Hall–Kier alpha value is -1.58. The Morgan fingerprint density at radius 2 is 2.07 bits per heavy atom. The fourth-order valence-electron chi connectivity index (χ4n) is 1.03. The fourth-order valence-corrected chi connectivity index (χ4v) is 1.03. The van der Waals surface area contributed by atoms with E-state index in [1.165, 1.54) is 5.01 Å². The first-order valence-corrected chi connectivity index (χ1v) is 4.83. The van der Waals surface area contributed by atoms with Crippen molar-refractivity contribution in [2.45, 2.75) is 26.4 Å². The molecule has 0 fully saturated rings. The van der Waals surface area contributed by atoms with E-state index in [0.29, 0.717) is 0 Å². The number of carbonyl (C=O) groups is 1. The molecule has 1 rings (SSSR count). The first-order valence-electron chi connectivity index (χ1n) is 4.83. The maximum Gasteiger partial charge on any atom is 0.328 e. The normalized spacial score (nSPS) is 15.3. The molecule has 15 heavy (non-hydrogen) atoms. The quantitative estimate of drug-likeness (QED) is 0.648. The summed E-state index contributed by atoms with van der Waals surface area (Å²) in [6, 6.07) is 0. The van der Waals surface area contributed by atoms with Crippen molar-refractivity contribution >= 4 is 12.2 Å². The van der Waals surface area contributed by atoms with E-state index in [2.05, 4.69) is 5.10 Å². The molecule has 4 heteroatoms. The Bertz CT molecular complexity index is 295. The van der Waals surface area contributed by atoms with Crippen LogP contribution in [0.5, 0.6) is 0 Å². The van der Waals surface area contributed by atoms with Gasteiger partial charge in [0, 0.05) is 12.4 Å². The van der Waals surface area contributed by atoms with Gasteiger partial charge in [-0.25, -0.2) is 0 Å². The zero-order valence-electron chi connectivity index (χ0n) is 9.30. The summed E-state index contributed by atoms with van der Waals surface area (Å²) in [5, 5.41) is 5.56. The monoisotopic (exact) mass is 208 g/mol. The Labute approximate surface area is 89.9 Å². The lowest BCUT2D eigenvalue weighted by atomic mass is 10.2. The van der Waals surface area contributed by atoms with Gasteiger partial charge in [0.25, 0.3) is 0 Å². The first-order chi connectivity index (χ1) is 6.97. The molecule has 1 aliphatic heterocycles. The molecule has 0 aliphatic carbocycles. The van der Waals surface area contributed by atoms with Crippen molar-refractivity contribution in [3.8, 4) is 0 Å². The summed E-state index contributed by atoms with van der Waals surface area (Å²) in [5.41, 5.74) is -0.450. The van der Waals surface area contributed by atoms with Crippen LogP contribution in [-0.4, -0.2) is 29.3 Å². The minimum absolute atomic E-state index is 0.131. The third kappa shape index (κ3) is 5.00. The van der Waals surface area contributed by atoms with Gasteiger partial charge in [0.2, 0.25) is 0 Å². The van der Waals surface area contributed by atoms with E-state index in [1.807, 2.05) is 32.9 Å². The van der Waals surface area contributed by atoms with Crippen LogP contribution in [0.3, 0.4) is 0 Å². The summed E-state index contributed by atoms with van der Waals surface area (Å²) in [4.78, 5) is 11.4. The van der Waals surface area contributed by atoms with Gasteiger partial charge in [-0.15, -0.1) is 0 Å². The van der Waals surface area contributed by atoms with Gasteiger partial charge in [-0.05, 0) is 32.9 Å². The van der Waals surface area contributed by atoms with Crippen LogP contribution in [-0.2, 0) is 9.53 Å². The van der Waals surface area contributed by atoms with Gasteiger partial charge in [-0.2, -0.15) is 5.10 Å². The number of allylic oxidation sites excluding steroid dienone is 3. The average molecular weight is 208 g/mol. The lowest BCUT2D eigenvalue weighted by Crippen LogP contribution is -2.30. The van der Waals surface area contributed by atoms with E-state index >= 15 is 0 Å². The minimum Gasteiger partial charge on any atom is -0.459 e. The van der Waals surface area contributed by atoms with Crippen molar-refractivity contribution < 1.29 is 9.53 Å². The Morgan fingerprint density at radius 1 is 1.33 bits per heavy atom. The van der Waals surface area contributed by atoms with Gasteiger partial charge in [0.1, 0.15) is 12.1 Å². The van der Waals surface area contributed by atoms with Crippen LogP contribution in [0.25, 0.3) is 0 Å². The lowest BCUT2D eigenvalue weighted by Gasteiger charge is -2.21. The third-order valence-electron chi connectivity index (χ3n) is 1.49. The average Bonchev–Trinajstić information content (AvgIpc) is 2.28. The predicted octanol–water partition coefficient (Wildman–Crippen LogP) is 1.70. The summed E-state index contributed by atoms with van der Waals surface area (Å²) in [6.07, 6.45) is 8.82. The number of hydrazone groups is 1. The molecule has 0 spiro atoms. The highest BCUT2D eigenvalue weighted by atomic mass is 16.6. The lowest BCUT2D eigenvalue weighted by molar-refractivity contribution is -0.155. The van der Waals surface area contributed by atoms with Crippen LogP contribution < -0.4 is 0 Å². The molecular formula is C11H16N2O2. The van der Waals surface area contributed by atoms with Crippen molar-refractivity contribution in [1.29, 1.82) is 0 Å². The number of esters is 1. The molecule has 0 unspecified atom stereocenters. The number of carbonyl (C=O) groups excluding carboxylic acids is 1. The summed E-state index contributed by atoms with van der Waals surface area (Å²) in [7, 11) is 0. The molecule has 0 radical (unpaired) electrons. The van der Waals surface area contributed by atoms with Crippen molar-refractivity contribution in [2.24, 2.45) is 5.10 Å². The van der Waals surface area contributed by atoms with E-state index in [4.69, 9.17) is 4.74 Å². The van der Waals surface area contributed by atoms with Crippen molar-refractivity contribution in [3.05, 3.63) is 24.4 Å². The van der Waals surface area contributed by atoms with Crippen LogP contribution in [0, 0.1) is 0 Å². The summed E-state index contributed by atoms with van der Waals surface area (Å²) in [6.45, 7) is 5.65. The smallest absolute Gasteiger partial charge is 0.328 e. The van der Waals surface area contributed by atoms with Crippen LogP contribution >= 0.6 is 0 Å². The standard InChI is InChI=1S/C11H16N2O2/c1-11(2,3)15-10(14)9-13-8-6-4-5-7-12-13/h4-8H,9H2,1-3H3. The molecule has 0 aromatic carbocycles. The Balaban J connectivity index is 2.45. The number of hydrogen-bond donors (Lipinski definition) is 0. The second-order valence-electron chi connectivity index (χ2n) is 4.17. The zero-order chi connectivity index (χ0) is 11.3. The van der Waals surface area contributed by atoms with E-state index < -0.39 is 5.60 Å². The van der Waals surface area contributed by atoms with Crippen LogP contribution in [0.15, 0.2) is 29.5 Å². The number of hydrogen-bond acceptors (Lipinski definition) is 4. The molecule has 0 bridgehead atoms. The molecule has 0 aromatic heterocycles. The van der Waals surface area contributed by atoms with Gasteiger partial charge < -0.3 is 4.74 Å². The number of ether oxygens (including phenoxy) is 1. The molecule has 1 heterocycles. The molecule has 0 saturated heterocycles. The third-order valence-corrected chi connectivity index (χ3v) is 1.49. The number of rotatable bonds is 2. The van der Waals surface area contributed by atoms with Gasteiger partial charge >= 0.3 is 5.97 Å². The van der Waals surface area contributed by atoms with E-state index in [1.54, 1.807) is 18.5 Å². The minimum atomic E-state index is -0.450. The summed E-state index contributed by atoms with van der Waals surface area (Å²) >= 11 is 0. The van der Waals surface area contributed by atoms with Crippen LogP contribution in [0.4, 0.5) is 0 Å². The van der Waals surface area contributed by atoms with Crippen LogP contribution in [0.2, 0.25) is 0 Å². The Kier molecular flexibility index (Phi) is 3.66. The molecule has 4 nitrogen and oxygen atoms in total. The molecule has 0 N–H and O–H groups in total. The highest BCUT2D eigenvalue weighted by Gasteiger charge is 2.17.